The molecular formula is C16H20BrFN2O. The highest BCUT2D eigenvalue weighted by molar-refractivity contribution is 9.10. The lowest BCUT2D eigenvalue weighted by Crippen LogP contribution is -2.53. The first kappa shape index (κ1) is 15.0. The summed E-state index contributed by atoms with van der Waals surface area (Å²) in [5.41, 5.74) is 0.561. The number of benzene rings is 1. The van der Waals surface area contributed by atoms with Crippen LogP contribution < -0.4 is 0 Å². The van der Waals surface area contributed by atoms with Gasteiger partial charge in [-0.1, -0.05) is 0 Å². The van der Waals surface area contributed by atoms with Gasteiger partial charge in [0.15, 0.2) is 0 Å². The van der Waals surface area contributed by atoms with Gasteiger partial charge in [0, 0.05) is 24.7 Å². The molecule has 1 amide bonds. The van der Waals surface area contributed by atoms with Crippen molar-refractivity contribution in [2.45, 2.75) is 25.3 Å². The maximum absolute atomic E-state index is 13.3. The molecule has 2 fully saturated rings. The first-order chi connectivity index (χ1) is 10.1. The highest BCUT2D eigenvalue weighted by Crippen LogP contribution is 2.30. The van der Waals surface area contributed by atoms with Crippen molar-refractivity contribution < 1.29 is 9.18 Å². The van der Waals surface area contributed by atoms with Crippen molar-refractivity contribution >= 4 is 21.8 Å². The minimum Gasteiger partial charge on any atom is -0.338 e. The number of amides is 1. The summed E-state index contributed by atoms with van der Waals surface area (Å²) in [4.78, 5) is 17.0. The van der Waals surface area contributed by atoms with Crippen LogP contribution in [0.2, 0.25) is 0 Å². The van der Waals surface area contributed by atoms with Gasteiger partial charge in [0.2, 0.25) is 0 Å². The van der Waals surface area contributed by atoms with E-state index < -0.39 is 0 Å². The molecule has 0 N–H and O–H groups in total. The summed E-state index contributed by atoms with van der Waals surface area (Å²) in [6, 6.07) is 5.11. The van der Waals surface area contributed by atoms with Gasteiger partial charge in [-0.3, -0.25) is 4.79 Å². The van der Waals surface area contributed by atoms with Crippen LogP contribution in [0.4, 0.5) is 4.39 Å². The van der Waals surface area contributed by atoms with E-state index in [9.17, 15) is 9.18 Å². The van der Waals surface area contributed by atoms with E-state index in [4.69, 9.17) is 0 Å². The van der Waals surface area contributed by atoms with Crippen molar-refractivity contribution in [3.63, 3.8) is 0 Å². The zero-order valence-corrected chi connectivity index (χ0v) is 13.8. The SMILES string of the molecule is CN1CCCC2CN(C(=O)c3ccc(F)c(Br)c3)CCC21. The molecular weight excluding hydrogens is 335 g/mol. The van der Waals surface area contributed by atoms with Crippen LogP contribution in [0.25, 0.3) is 0 Å². The van der Waals surface area contributed by atoms with Gasteiger partial charge in [0.05, 0.1) is 4.47 Å². The van der Waals surface area contributed by atoms with E-state index in [1.165, 1.54) is 25.5 Å². The maximum atomic E-state index is 13.3. The third-order valence-electron chi connectivity index (χ3n) is 4.80. The fourth-order valence-electron chi connectivity index (χ4n) is 3.65. The molecule has 3 nitrogen and oxygen atoms in total. The molecule has 2 unspecified atom stereocenters. The molecule has 2 aliphatic rings. The quantitative estimate of drug-likeness (QED) is 0.773. The Morgan fingerprint density at radius 2 is 2.14 bits per heavy atom. The molecule has 0 radical (unpaired) electrons. The Balaban J connectivity index is 1.72. The summed E-state index contributed by atoms with van der Waals surface area (Å²) in [5, 5.41) is 0. The predicted octanol–water partition coefficient (Wildman–Crippen LogP) is 3.14. The largest absolute Gasteiger partial charge is 0.338 e. The molecule has 2 aliphatic heterocycles. The molecule has 0 aliphatic carbocycles. The molecule has 1 aromatic rings. The molecule has 5 heteroatoms. The third kappa shape index (κ3) is 2.99. The zero-order valence-electron chi connectivity index (χ0n) is 12.2. The molecule has 2 heterocycles. The van der Waals surface area contributed by atoms with Gasteiger partial charge in [-0.15, -0.1) is 0 Å². The fraction of sp³-hybridized carbons (Fsp3) is 0.562. The van der Waals surface area contributed by atoms with Crippen LogP contribution in [-0.4, -0.2) is 48.4 Å². The Hall–Kier alpha value is -0.940. The van der Waals surface area contributed by atoms with Gasteiger partial charge >= 0.3 is 0 Å². The molecule has 21 heavy (non-hydrogen) atoms. The molecule has 114 valence electrons. The number of carbonyl (C=O) groups excluding carboxylic acids is 1. The Kier molecular flexibility index (Phi) is 4.31. The van der Waals surface area contributed by atoms with E-state index in [0.29, 0.717) is 22.0 Å². The highest BCUT2D eigenvalue weighted by atomic mass is 79.9. The molecule has 2 atom stereocenters. The van der Waals surface area contributed by atoms with Gasteiger partial charge in [-0.05, 0) is 72.9 Å². The topological polar surface area (TPSA) is 23.6 Å². The number of halogens is 2. The maximum Gasteiger partial charge on any atom is 0.253 e. The molecule has 3 rings (SSSR count). The molecule has 0 bridgehead atoms. The minimum atomic E-state index is -0.334. The Labute approximate surface area is 133 Å². The summed E-state index contributed by atoms with van der Waals surface area (Å²) in [6.45, 7) is 2.78. The van der Waals surface area contributed by atoms with E-state index in [1.54, 1.807) is 12.1 Å². The zero-order chi connectivity index (χ0) is 15.0. The average Bonchev–Trinajstić information content (AvgIpc) is 2.49. The van der Waals surface area contributed by atoms with E-state index >= 15 is 0 Å². The smallest absolute Gasteiger partial charge is 0.253 e. The normalized spacial score (nSPS) is 26.5. The van der Waals surface area contributed by atoms with Gasteiger partial charge in [-0.25, -0.2) is 4.39 Å². The number of hydrogen-bond donors (Lipinski definition) is 0. The van der Waals surface area contributed by atoms with Crippen molar-refractivity contribution in [1.82, 2.24) is 9.80 Å². The van der Waals surface area contributed by atoms with Crippen molar-refractivity contribution in [3.8, 4) is 0 Å². The summed E-state index contributed by atoms with van der Waals surface area (Å²) < 4.78 is 13.6. The van der Waals surface area contributed by atoms with Crippen molar-refractivity contribution in [2.24, 2.45) is 5.92 Å². The minimum absolute atomic E-state index is 0.0161. The lowest BCUT2D eigenvalue weighted by atomic mass is 9.84. The van der Waals surface area contributed by atoms with Crippen molar-refractivity contribution in [3.05, 3.63) is 34.1 Å². The number of carbonyl (C=O) groups is 1. The first-order valence-electron chi connectivity index (χ1n) is 7.51. The van der Waals surface area contributed by atoms with E-state index in [1.807, 2.05) is 4.90 Å². The van der Waals surface area contributed by atoms with Gasteiger partial charge < -0.3 is 9.80 Å². The number of likely N-dealkylation sites (tertiary alicyclic amines) is 2. The van der Waals surface area contributed by atoms with Crippen LogP contribution in [0.1, 0.15) is 29.6 Å². The lowest BCUT2D eigenvalue weighted by Gasteiger charge is -2.46. The standard InChI is InChI=1S/C16H20BrFN2O/c1-19-7-2-3-12-10-20(8-6-15(12)19)16(21)11-4-5-14(18)13(17)9-11/h4-5,9,12,15H,2-3,6-8,10H2,1H3. The Morgan fingerprint density at radius 1 is 1.33 bits per heavy atom. The second-order valence-corrected chi connectivity index (χ2v) is 6.97. The predicted molar refractivity (Wildman–Crippen MR) is 83.8 cm³/mol. The average molecular weight is 355 g/mol. The molecule has 0 spiro atoms. The molecule has 1 aromatic carbocycles. The third-order valence-corrected chi connectivity index (χ3v) is 5.41. The Morgan fingerprint density at radius 3 is 2.90 bits per heavy atom. The van der Waals surface area contributed by atoms with E-state index in [0.717, 1.165) is 19.5 Å². The molecule has 0 aromatic heterocycles. The second kappa shape index (κ2) is 6.05. The van der Waals surface area contributed by atoms with Crippen LogP contribution in [0.5, 0.6) is 0 Å². The number of hydrogen-bond acceptors (Lipinski definition) is 2. The number of fused-ring (bicyclic) bond motifs is 1. The first-order valence-corrected chi connectivity index (χ1v) is 8.30. The van der Waals surface area contributed by atoms with Crippen LogP contribution >= 0.6 is 15.9 Å². The van der Waals surface area contributed by atoms with Crippen LogP contribution in [0, 0.1) is 11.7 Å². The van der Waals surface area contributed by atoms with Crippen LogP contribution in [-0.2, 0) is 0 Å². The monoisotopic (exact) mass is 354 g/mol. The summed E-state index contributed by atoms with van der Waals surface area (Å²) >= 11 is 3.15. The summed E-state index contributed by atoms with van der Waals surface area (Å²) in [6.07, 6.45) is 3.45. The second-order valence-electron chi connectivity index (χ2n) is 6.12. The molecule has 0 saturated carbocycles. The van der Waals surface area contributed by atoms with Crippen LogP contribution in [0.3, 0.4) is 0 Å². The number of rotatable bonds is 1. The van der Waals surface area contributed by atoms with Gasteiger partial charge in [0.1, 0.15) is 5.82 Å². The van der Waals surface area contributed by atoms with E-state index in [2.05, 4.69) is 27.9 Å². The van der Waals surface area contributed by atoms with Crippen molar-refractivity contribution in [1.29, 1.82) is 0 Å². The number of piperidine rings is 2. The highest BCUT2D eigenvalue weighted by Gasteiger charge is 2.35. The van der Waals surface area contributed by atoms with Crippen molar-refractivity contribution in [2.75, 3.05) is 26.7 Å². The molecule has 2 saturated heterocycles. The van der Waals surface area contributed by atoms with Gasteiger partial charge in [0.25, 0.3) is 5.91 Å². The van der Waals surface area contributed by atoms with Gasteiger partial charge in [-0.2, -0.15) is 0 Å². The summed E-state index contributed by atoms with van der Waals surface area (Å²) in [5.74, 6) is 0.256. The lowest BCUT2D eigenvalue weighted by molar-refractivity contribution is 0.0317. The van der Waals surface area contributed by atoms with E-state index in [-0.39, 0.29) is 11.7 Å². The van der Waals surface area contributed by atoms with Crippen LogP contribution in [0.15, 0.2) is 22.7 Å². The fourth-order valence-corrected chi connectivity index (χ4v) is 4.03. The Bertz CT molecular complexity index is 551. The number of nitrogens with zero attached hydrogens (tertiary/aromatic N) is 2. The summed E-state index contributed by atoms with van der Waals surface area (Å²) in [7, 11) is 2.19.